The first-order chi connectivity index (χ1) is 13.3. The van der Waals surface area contributed by atoms with E-state index in [1.165, 1.54) is 45.1 Å². The van der Waals surface area contributed by atoms with Crippen molar-refractivity contribution in [3.63, 3.8) is 0 Å². The first kappa shape index (κ1) is 21.7. The minimum atomic E-state index is -0.868. The van der Waals surface area contributed by atoms with Gasteiger partial charge in [-0.25, -0.2) is 4.79 Å². The third-order valence-electron chi connectivity index (χ3n) is 4.32. The van der Waals surface area contributed by atoms with Crippen molar-refractivity contribution in [3.8, 4) is 16.9 Å². The van der Waals surface area contributed by atoms with E-state index >= 15 is 0 Å². The average molecular weight is 408 g/mol. The predicted molar refractivity (Wildman–Crippen MR) is 105 cm³/mol. The van der Waals surface area contributed by atoms with Crippen LogP contribution in [-0.2, 0) is 14.3 Å². The molecule has 1 unspecified atom stereocenters. The largest absolute Gasteiger partial charge is 0.495 e. The van der Waals surface area contributed by atoms with E-state index in [-0.39, 0.29) is 18.8 Å². The molecule has 0 fully saturated rings. The first-order valence-electron chi connectivity index (χ1n) is 8.51. The molecule has 0 aliphatic rings. The van der Waals surface area contributed by atoms with E-state index in [9.17, 15) is 14.4 Å². The maximum absolute atomic E-state index is 12.8. The summed E-state index contributed by atoms with van der Waals surface area (Å²) >= 11 is 6.10. The fraction of sp³-hybridized carbons (Fsp3) is 0.350. The Kier molecular flexibility index (Phi) is 7.37. The van der Waals surface area contributed by atoms with Gasteiger partial charge in [0.05, 0.1) is 20.4 Å². The molecule has 1 aromatic heterocycles. The van der Waals surface area contributed by atoms with Gasteiger partial charge in [0.2, 0.25) is 0 Å². The van der Waals surface area contributed by atoms with Gasteiger partial charge < -0.3 is 14.2 Å². The Balaban J connectivity index is 2.67. The number of pyridine rings is 1. The van der Waals surface area contributed by atoms with Crippen molar-refractivity contribution in [2.45, 2.75) is 19.4 Å². The molecule has 1 heterocycles. The fourth-order valence-electron chi connectivity index (χ4n) is 2.93. The second-order valence-electron chi connectivity index (χ2n) is 6.07. The maximum atomic E-state index is 12.8. The third kappa shape index (κ3) is 4.61. The van der Waals surface area contributed by atoms with Crippen LogP contribution in [0.2, 0.25) is 5.02 Å². The Hall–Kier alpha value is -2.64. The van der Waals surface area contributed by atoms with Crippen molar-refractivity contribution in [1.82, 2.24) is 4.57 Å². The van der Waals surface area contributed by atoms with Gasteiger partial charge in [-0.3, -0.25) is 14.2 Å². The summed E-state index contributed by atoms with van der Waals surface area (Å²) in [7, 11) is 4.20. The van der Waals surface area contributed by atoms with Crippen molar-refractivity contribution >= 4 is 23.4 Å². The second-order valence-corrected chi connectivity index (χ2v) is 6.50. The van der Waals surface area contributed by atoms with Gasteiger partial charge in [-0.05, 0) is 30.7 Å². The van der Waals surface area contributed by atoms with Crippen molar-refractivity contribution < 1.29 is 23.8 Å². The molecule has 28 heavy (non-hydrogen) atoms. The highest BCUT2D eigenvalue weighted by Gasteiger charge is 2.24. The molecule has 0 amide bonds. The highest BCUT2D eigenvalue weighted by Crippen LogP contribution is 2.34. The number of ether oxygens (including phenoxy) is 3. The number of aromatic nitrogens is 1. The molecule has 0 saturated carbocycles. The van der Waals surface area contributed by atoms with E-state index in [0.717, 1.165) is 0 Å². The van der Waals surface area contributed by atoms with E-state index in [1.807, 2.05) is 0 Å². The van der Waals surface area contributed by atoms with Crippen LogP contribution in [0.25, 0.3) is 11.1 Å². The van der Waals surface area contributed by atoms with Crippen molar-refractivity contribution in [2.24, 2.45) is 0 Å². The standard InChI is InChI=1S/C20H22ClNO6/c1-12(23)14-6-5-13(21)9-15(14)16-10-19(24)22(11-18(16)27-3)17(7-8-26-2)20(25)28-4/h5-6,9-11,17H,7-8H2,1-4H3. The van der Waals surface area contributed by atoms with Gasteiger partial charge in [0.25, 0.3) is 5.56 Å². The zero-order valence-corrected chi connectivity index (χ0v) is 16.9. The summed E-state index contributed by atoms with van der Waals surface area (Å²) in [5, 5.41) is 0.416. The summed E-state index contributed by atoms with van der Waals surface area (Å²) in [4.78, 5) is 37.0. The van der Waals surface area contributed by atoms with Crippen LogP contribution < -0.4 is 10.3 Å². The SMILES string of the molecule is COCCC(C(=O)OC)n1cc(OC)c(-c2cc(Cl)ccc2C(C)=O)cc1=O. The minimum absolute atomic E-state index is 0.176. The molecule has 0 radical (unpaired) electrons. The van der Waals surface area contributed by atoms with Gasteiger partial charge >= 0.3 is 5.97 Å². The summed E-state index contributed by atoms with van der Waals surface area (Å²) in [5.41, 5.74) is 0.847. The molecular formula is C20H22ClNO6. The summed E-state index contributed by atoms with van der Waals surface area (Å²) in [6.45, 7) is 1.69. The second kappa shape index (κ2) is 9.52. The van der Waals surface area contributed by atoms with Crippen molar-refractivity contribution in [2.75, 3.05) is 27.9 Å². The number of esters is 1. The molecule has 0 spiro atoms. The molecule has 7 nitrogen and oxygen atoms in total. The van der Waals surface area contributed by atoms with Crippen LogP contribution in [0.1, 0.15) is 29.7 Å². The van der Waals surface area contributed by atoms with E-state index < -0.39 is 17.6 Å². The lowest BCUT2D eigenvalue weighted by Crippen LogP contribution is -2.31. The van der Waals surface area contributed by atoms with Gasteiger partial charge in [-0.15, -0.1) is 0 Å². The lowest BCUT2D eigenvalue weighted by Gasteiger charge is -2.20. The molecule has 0 bridgehead atoms. The molecular weight excluding hydrogens is 386 g/mol. The highest BCUT2D eigenvalue weighted by atomic mass is 35.5. The summed E-state index contributed by atoms with van der Waals surface area (Å²) < 4.78 is 16.5. The molecule has 0 N–H and O–H groups in total. The maximum Gasteiger partial charge on any atom is 0.329 e. The number of hydrogen-bond acceptors (Lipinski definition) is 6. The summed E-state index contributed by atoms with van der Waals surface area (Å²) in [5.74, 6) is -0.428. The number of halogens is 1. The number of benzene rings is 1. The number of hydrogen-bond donors (Lipinski definition) is 0. The normalized spacial score (nSPS) is 11.8. The van der Waals surface area contributed by atoms with Gasteiger partial charge in [0.15, 0.2) is 5.78 Å². The Morgan fingerprint density at radius 3 is 2.43 bits per heavy atom. The topological polar surface area (TPSA) is 83.8 Å². The van der Waals surface area contributed by atoms with Gasteiger partial charge in [0, 0.05) is 42.4 Å². The number of ketones is 1. The molecule has 1 aromatic carbocycles. The Bertz CT molecular complexity index is 937. The minimum Gasteiger partial charge on any atom is -0.495 e. The lowest BCUT2D eigenvalue weighted by atomic mass is 9.97. The number of rotatable bonds is 8. The van der Waals surface area contributed by atoms with Crippen LogP contribution in [0, 0.1) is 0 Å². The first-order valence-corrected chi connectivity index (χ1v) is 8.89. The van der Waals surface area contributed by atoms with Crippen molar-refractivity contribution in [3.05, 3.63) is 51.4 Å². The quantitative estimate of drug-likeness (QED) is 0.493. The zero-order chi connectivity index (χ0) is 20.8. The van der Waals surface area contributed by atoms with E-state index in [2.05, 4.69) is 0 Å². The van der Waals surface area contributed by atoms with Crippen LogP contribution >= 0.6 is 11.6 Å². The molecule has 0 aliphatic carbocycles. The summed E-state index contributed by atoms with van der Waals surface area (Å²) in [6.07, 6.45) is 1.68. The van der Waals surface area contributed by atoms with Gasteiger partial charge in [0.1, 0.15) is 11.8 Å². The third-order valence-corrected chi connectivity index (χ3v) is 4.55. The molecule has 8 heteroatoms. The Morgan fingerprint density at radius 1 is 1.14 bits per heavy atom. The zero-order valence-electron chi connectivity index (χ0n) is 16.2. The average Bonchev–Trinajstić information content (AvgIpc) is 2.68. The van der Waals surface area contributed by atoms with Crippen LogP contribution in [0.5, 0.6) is 5.75 Å². The van der Waals surface area contributed by atoms with Crippen LogP contribution in [0.3, 0.4) is 0 Å². The van der Waals surface area contributed by atoms with E-state index in [0.29, 0.717) is 27.5 Å². The number of nitrogens with zero attached hydrogens (tertiary/aromatic N) is 1. The van der Waals surface area contributed by atoms with E-state index in [1.54, 1.807) is 18.2 Å². The number of methoxy groups -OCH3 is 3. The molecule has 1 atom stereocenters. The Morgan fingerprint density at radius 2 is 1.86 bits per heavy atom. The summed E-state index contributed by atoms with van der Waals surface area (Å²) in [6, 6.07) is 5.25. The van der Waals surface area contributed by atoms with Crippen molar-refractivity contribution in [1.29, 1.82) is 0 Å². The van der Waals surface area contributed by atoms with Crippen LogP contribution in [-0.4, -0.2) is 44.3 Å². The van der Waals surface area contributed by atoms with Crippen LogP contribution in [0.15, 0.2) is 35.3 Å². The Labute approximate surface area is 167 Å². The highest BCUT2D eigenvalue weighted by molar-refractivity contribution is 6.31. The molecule has 150 valence electrons. The monoisotopic (exact) mass is 407 g/mol. The van der Waals surface area contributed by atoms with E-state index in [4.69, 9.17) is 25.8 Å². The van der Waals surface area contributed by atoms with Crippen LogP contribution in [0.4, 0.5) is 0 Å². The fourth-order valence-corrected chi connectivity index (χ4v) is 3.10. The number of Topliss-reactive ketones (excluding diaryl/α,β-unsaturated/α-hetero) is 1. The molecule has 2 aromatic rings. The number of carbonyl (C=O) groups is 2. The molecule has 2 rings (SSSR count). The molecule has 0 saturated heterocycles. The molecule has 0 aliphatic heterocycles. The lowest BCUT2D eigenvalue weighted by molar-refractivity contribution is -0.145. The smallest absolute Gasteiger partial charge is 0.329 e. The number of carbonyl (C=O) groups excluding carboxylic acids is 2. The predicted octanol–water partition coefficient (Wildman–Crippen LogP) is 3.13. The van der Waals surface area contributed by atoms with Gasteiger partial charge in [-0.1, -0.05) is 11.6 Å². The van der Waals surface area contributed by atoms with Gasteiger partial charge in [-0.2, -0.15) is 0 Å².